The highest BCUT2D eigenvalue weighted by Crippen LogP contribution is 2.37. The second-order valence-corrected chi connectivity index (χ2v) is 4.51. The molecule has 0 fully saturated rings. The lowest BCUT2D eigenvalue weighted by molar-refractivity contribution is 0.0603. The van der Waals surface area contributed by atoms with Gasteiger partial charge in [0.15, 0.2) is 4.88 Å². The first-order chi connectivity index (χ1) is 5.57. The van der Waals surface area contributed by atoms with Gasteiger partial charge in [-0.2, -0.15) is 0 Å². The molecule has 1 N–H and O–H groups in total. The number of carbonyl (C=O) groups is 1. The van der Waals surface area contributed by atoms with E-state index in [9.17, 15) is 9.90 Å². The van der Waals surface area contributed by atoms with Crippen LogP contribution in [0.5, 0.6) is 5.75 Å². The van der Waals surface area contributed by atoms with E-state index in [4.69, 9.17) is 0 Å². The number of ether oxygens (including phenoxy) is 1. The van der Waals surface area contributed by atoms with Gasteiger partial charge in [0.25, 0.3) is 0 Å². The summed E-state index contributed by atoms with van der Waals surface area (Å²) in [4.78, 5) is 11.2. The summed E-state index contributed by atoms with van der Waals surface area (Å²) in [7, 11) is 1.28. The average molecular weight is 251 g/mol. The third-order valence-electron chi connectivity index (χ3n) is 1.43. The minimum atomic E-state index is -0.508. The predicted molar refractivity (Wildman–Crippen MR) is 49.8 cm³/mol. The van der Waals surface area contributed by atoms with Gasteiger partial charge in [-0.15, -0.1) is 11.3 Å². The molecular formula is C7H7BrO3S. The van der Waals surface area contributed by atoms with E-state index in [-0.39, 0.29) is 10.6 Å². The normalized spacial score (nSPS) is 9.92. The zero-order chi connectivity index (χ0) is 9.30. The largest absolute Gasteiger partial charge is 0.506 e. The molecule has 0 aliphatic rings. The smallest absolute Gasteiger partial charge is 0.351 e. The Kier molecular flexibility index (Phi) is 2.74. The maximum atomic E-state index is 11.0. The Labute approximate surface area is 82.1 Å². The van der Waals surface area contributed by atoms with Gasteiger partial charge in [0.1, 0.15) is 5.75 Å². The van der Waals surface area contributed by atoms with E-state index in [1.807, 2.05) is 0 Å². The lowest BCUT2D eigenvalue weighted by atomic mass is 10.3. The lowest BCUT2D eigenvalue weighted by Crippen LogP contribution is -1.97. The molecule has 0 aromatic carbocycles. The Morgan fingerprint density at radius 1 is 1.67 bits per heavy atom. The van der Waals surface area contributed by atoms with Gasteiger partial charge in [0, 0.05) is 5.56 Å². The summed E-state index contributed by atoms with van der Waals surface area (Å²) in [6.45, 7) is 1.72. The molecule has 0 saturated heterocycles. The predicted octanol–water partition coefficient (Wildman–Crippen LogP) is 2.31. The number of hydrogen-bond donors (Lipinski definition) is 1. The molecule has 0 aliphatic carbocycles. The van der Waals surface area contributed by atoms with E-state index in [1.54, 1.807) is 6.92 Å². The van der Waals surface area contributed by atoms with Crippen LogP contribution in [0.15, 0.2) is 3.79 Å². The summed E-state index contributed by atoms with van der Waals surface area (Å²) in [5.41, 5.74) is 0.667. The molecule has 0 radical (unpaired) electrons. The van der Waals surface area contributed by atoms with Crippen molar-refractivity contribution in [1.82, 2.24) is 0 Å². The second kappa shape index (κ2) is 3.45. The number of halogens is 1. The molecule has 0 atom stereocenters. The van der Waals surface area contributed by atoms with Crippen LogP contribution in [0.1, 0.15) is 15.2 Å². The topological polar surface area (TPSA) is 46.5 Å². The number of hydrogen-bond acceptors (Lipinski definition) is 4. The zero-order valence-electron chi connectivity index (χ0n) is 6.55. The minimum absolute atomic E-state index is 0.00118. The molecule has 1 rings (SSSR count). The van der Waals surface area contributed by atoms with Crippen molar-refractivity contribution < 1.29 is 14.6 Å². The number of esters is 1. The zero-order valence-corrected chi connectivity index (χ0v) is 8.95. The second-order valence-electron chi connectivity index (χ2n) is 2.17. The van der Waals surface area contributed by atoms with Gasteiger partial charge in [0.05, 0.1) is 10.9 Å². The molecule has 0 aliphatic heterocycles. The molecule has 0 saturated carbocycles. The Morgan fingerprint density at radius 3 is 2.58 bits per heavy atom. The summed E-state index contributed by atoms with van der Waals surface area (Å²) < 4.78 is 5.23. The highest BCUT2D eigenvalue weighted by atomic mass is 79.9. The minimum Gasteiger partial charge on any atom is -0.506 e. The van der Waals surface area contributed by atoms with Crippen molar-refractivity contribution in [3.8, 4) is 5.75 Å². The van der Waals surface area contributed by atoms with Crippen molar-refractivity contribution in [3.05, 3.63) is 14.2 Å². The van der Waals surface area contributed by atoms with Gasteiger partial charge in [-0.1, -0.05) is 0 Å². The van der Waals surface area contributed by atoms with E-state index < -0.39 is 5.97 Å². The molecular weight excluding hydrogens is 244 g/mol. The Hall–Kier alpha value is -0.550. The molecule has 1 aromatic heterocycles. The van der Waals surface area contributed by atoms with Crippen LogP contribution >= 0.6 is 27.3 Å². The first-order valence-electron chi connectivity index (χ1n) is 3.14. The molecule has 66 valence electrons. The van der Waals surface area contributed by atoms with Crippen LogP contribution in [-0.4, -0.2) is 18.2 Å². The van der Waals surface area contributed by atoms with Crippen LogP contribution < -0.4 is 0 Å². The van der Waals surface area contributed by atoms with Crippen molar-refractivity contribution in [3.63, 3.8) is 0 Å². The molecule has 12 heavy (non-hydrogen) atoms. The number of methoxy groups -OCH3 is 1. The molecule has 5 heteroatoms. The molecule has 0 spiro atoms. The third-order valence-corrected chi connectivity index (χ3v) is 3.56. The lowest BCUT2D eigenvalue weighted by Gasteiger charge is -1.94. The van der Waals surface area contributed by atoms with Gasteiger partial charge < -0.3 is 9.84 Å². The summed E-state index contributed by atoms with van der Waals surface area (Å²) in [6.07, 6.45) is 0. The fraction of sp³-hybridized carbons (Fsp3) is 0.286. The first-order valence-corrected chi connectivity index (χ1v) is 4.75. The number of carbonyl (C=O) groups excluding carboxylic acids is 1. The maximum absolute atomic E-state index is 11.0. The number of thiophene rings is 1. The van der Waals surface area contributed by atoms with E-state index in [0.717, 1.165) is 3.79 Å². The monoisotopic (exact) mass is 250 g/mol. The molecule has 1 aromatic rings. The fourth-order valence-electron chi connectivity index (χ4n) is 0.709. The number of rotatable bonds is 1. The van der Waals surface area contributed by atoms with Crippen molar-refractivity contribution in [2.75, 3.05) is 7.11 Å². The van der Waals surface area contributed by atoms with E-state index in [2.05, 4.69) is 20.7 Å². The molecule has 0 unspecified atom stereocenters. The van der Waals surface area contributed by atoms with Crippen LogP contribution in [0.2, 0.25) is 0 Å². The van der Waals surface area contributed by atoms with Crippen molar-refractivity contribution in [1.29, 1.82) is 0 Å². The third kappa shape index (κ3) is 1.47. The summed E-state index contributed by atoms with van der Waals surface area (Å²) in [6, 6.07) is 0. The maximum Gasteiger partial charge on any atom is 0.351 e. The highest BCUT2D eigenvalue weighted by Gasteiger charge is 2.18. The standard InChI is InChI=1S/C7H7BrO3S/c1-3-4(9)5(7(10)11-2)12-6(3)8/h9H,1-2H3. The Morgan fingerprint density at radius 2 is 2.25 bits per heavy atom. The van der Waals surface area contributed by atoms with Crippen LogP contribution in [0.25, 0.3) is 0 Å². The average Bonchev–Trinajstić information content (AvgIpc) is 2.32. The fourth-order valence-corrected chi connectivity index (χ4v) is 2.23. The quantitative estimate of drug-likeness (QED) is 0.779. The molecule has 0 amide bonds. The molecule has 1 heterocycles. The molecule has 0 bridgehead atoms. The van der Waals surface area contributed by atoms with E-state index in [1.165, 1.54) is 18.4 Å². The van der Waals surface area contributed by atoms with E-state index in [0.29, 0.717) is 5.56 Å². The van der Waals surface area contributed by atoms with Crippen molar-refractivity contribution >= 4 is 33.2 Å². The van der Waals surface area contributed by atoms with Gasteiger partial charge in [-0.05, 0) is 22.9 Å². The van der Waals surface area contributed by atoms with Crippen molar-refractivity contribution in [2.24, 2.45) is 0 Å². The van der Waals surface area contributed by atoms with Gasteiger partial charge in [0.2, 0.25) is 0 Å². The molecule has 3 nitrogen and oxygen atoms in total. The van der Waals surface area contributed by atoms with E-state index >= 15 is 0 Å². The van der Waals surface area contributed by atoms with Crippen LogP contribution in [0, 0.1) is 6.92 Å². The van der Waals surface area contributed by atoms with Crippen LogP contribution in [0.4, 0.5) is 0 Å². The van der Waals surface area contributed by atoms with Crippen LogP contribution in [0.3, 0.4) is 0 Å². The first kappa shape index (κ1) is 9.54. The van der Waals surface area contributed by atoms with Gasteiger partial charge in [-0.3, -0.25) is 0 Å². The number of aromatic hydroxyl groups is 1. The SMILES string of the molecule is COC(=O)c1sc(Br)c(C)c1O. The van der Waals surface area contributed by atoms with Gasteiger partial charge in [-0.25, -0.2) is 4.79 Å². The summed E-state index contributed by atoms with van der Waals surface area (Å²) in [5, 5.41) is 9.40. The van der Waals surface area contributed by atoms with Gasteiger partial charge >= 0.3 is 5.97 Å². The Bertz CT molecular complexity index is 319. The summed E-state index contributed by atoms with van der Waals surface area (Å²) in [5.74, 6) is -0.509. The van der Waals surface area contributed by atoms with Crippen molar-refractivity contribution in [2.45, 2.75) is 6.92 Å². The Balaban J connectivity index is 3.17. The highest BCUT2D eigenvalue weighted by molar-refractivity contribution is 9.11. The van der Waals surface area contributed by atoms with Crippen LogP contribution in [-0.2, 0) is 4.74 Å². The summed E-state index contributed by atoms with van der Waals surface area (Å²) >= 11 is 4.38.